The van der Waals surface area contributed by atoms with Gasteiger partial charge in [0, 0.05) is 47.0 Å². The van der Waals surface area contributed by atoms with Crippen molar-refractivity contribution in [3.63, 3.8) is 0 Å². The van der Waals surface area contributed by atoms with Gasteiger partial charge in [-0.3, -0.25) is 24.0 Å². The number of carbonyl (C=O) groups is 5. The number of anilines is 2. The van der Waals surface area contributed by atoms with Gasteiger partial charge in [0.2, 0.25) is 29.5 Å². The summed E-state index contributed by atoms with van der Waals surface area (Å²) in [6, 6.07) is 66.7. The van der Waals surface area contributed by atoms with Gasteiger partial charge >= 0.3 is 0 Å². The Morgan fingerprint density at radius 2 is 0.671 bits per heavy atom. The fourth-order valence-corrected chi connectivity index (χ4v) is 6.97. The Morgan fingerprint density at radius 1 is 0.342 bits per heavy atom. The van der Waals surface area contributed by atoms with Crippen molar-refractivity contribution >= 4 is 40.9 Å². The quantitative estimate of drug-likeness (QED) is 0.0612. The summed E-state index contributed by atoms with van der Waals surface area (Å²) in [6.45, 7) is 23.0. The summed E-state index contributed by atoms with van der Waals surface area (Å²) in [7, 11) is 0. The molecule has 11 nitrogen and oxygen atoms in total. The summed E-state index contributed by atoms with van der Waals surface area (Å²) < 4.78 is 5.71. The number of hydrogen-bond acceptors (Lipinski definition) is 6. The van der Waals surface area contributed by atoms with Crippen LogP contribution >= 0.6 is 0 Å². The Hall–Kier alpha value is -8.31. The number of hydrogen-bond donors (Lipinski definition) is 5. The lowest BCUT2D eigenvalue weighted by Crippen LogP contribution is -2.32. The van der Waals surface area contributed by atoms with Crippen molar-refractivity contribution in [3.05, 3.63) is 229 Å². The zero-order valence-electron chi connectivity index (χ0n) is 48.4. The fraction of sp³-hybridized carbons (Fsp3) is 0.309. The second-order valence-corrected chi connectivity index (χ2v) is 20.3. The summed E-state index contributed by atoms with van der Waals surface area (Å²) in [5, 5.41) is 14.8. The largest absolute Gasteiger partial charge is 0.457 e. The molecule has 0 radical (unpaired) electrons. The highest BCUT2D eigenvalue weighted by molar-refractivity contribution is 5.92. The molecule has 0 heterocycles. The molecule has 5 N–H and O–H groups in total. The lowest BCUT2D eigenvalue weighted by Gasteiger charge is -2.21. The van der Waals surface area contributed by atoms with Crippen LogP contribution in [0.25, 0.3) is 0 Å². The lowest BCUT2D eigenvalue weighted by molar-refractivity contribution is -0.125. The molecule has 0 aliphatic heterocycles. The van der Waals surface area contributed by atoms with E-state index in [4.69, 9.17) is 4.74 Å². The zero-order valence-corrected chi connectivity index (χ0v) is 48.4. The molecule has 0 aliphatic carbocycles. The summed E-state index contributed by atoms with van der Waals surface area (Å²) in [6.07, 6.45) is 0.919. The highest BCUT2D eigenvalue weighted by atomic mass is 16.5. The molecule has 79 heavy (non-hydrogen) atoms. The van der Waals surface area contributed by atoms with Gasteiger partial charge in [0.25, 0.3) is 0 Å². The molecule has 2 atom stereocenters. The zero-order chi connectivity index (χ0) is 58.1. The molecule has 0 fully saturated rings. The average molecular weight is 1070 g/mol. The predicted molar refractivity (Wildman–Crippen MR) is 324 cm³/mol. The van der Waals surface area contributed by atoms with E-state index in [-0.39, 0.29) is 77.3 Å². The molecule has 418 valence electrons. The van der Waals surface area contributed by atoms with E-state index < -0.39 is 0 Å². The van der Waals surface area contributed by atoms with Crippen molar-refractivity contribution in [2.24, 2.45) is 29.6 Å². The highest BCUT2D eigenvalue weighted by Crippen LogP contribution is 2.25. The van der Waals surface area contributed by atoms with Gasteiger partial charge in [-0.05, 0) is 72.0 Å². The maximum Gasteiger partial charge on any atom is 0.226 e. The summed E-state index contributed by atoms with van der Waals surface area (Å²) >= 11 is 0. The second kappa shape index (κ2) is 35.9. The third kappa shape index (κ3) is 25.6. The molecule has 0 bridgehead atoms. The molecule has 2 unspecified atom stereocenters. The van der Waals surface area contributed by atoms with Crippen LogP contribution in [0, 0.1) is 29.6 Å². The number of amides is 5. The molecule has 7 aromatic rings. The molecule has 0 aromatic heterocycles. The van der Waals surface area contributed by atoms with Crippen molar-refractivity contribution in [3.8, 4) is 11.5 Å². The number of ether oxygens (including phenoxy) is 1. The van der Waals surface area contributed by atoms with Crippen LogP contribution in [0.1, 0.15) is 130 Å². The molecule has 7 rings (SSSR count). The first kappa shape index (κ1) is 65.0. The molecule has 7 aromatic carbocycles. The van der Waals surface area contributed by atoms with E-state index in [1.165, 1.54) is 5.56 Å². The molecule has 0 saturated heterocycles. The Kier molecular flexibility index (Phi) is 29.5. The summed E-state index contributed by atoms with van der Waals surface area (Å²) in [5.74, 6) is 1.87. The van der Waals surface area contributed by atoms with Crippen molar-refractivity contribution in [2.75, 3.05) is 10.6 Å². The molecule has 0 saturated carbocycles. The van der Waals surface area contributed by atoms with Crippen LogP contribution in [-0.2, 0) is 24.0 Å². The topological polar surface area (TPSA) is 155 Å². The number of para-hydroxylation sites is 2. The van der Waals surface area contributed by atoms with Gasteiger partial charge in [-0.15, -0.1) is 0 Å². The van der Waals surface area contributed by atoms with Crippen molar-refractivity contribution in [2.45, 2.75) is 108 Å². The highest BCUT2D eigenvalue weighted by Gasteiger charge is 2.19. The first-order valence-electron chi connectivity index (χ1n) is 27.4. The Balaban J connectivity index is 0.000000262. The van der Waals surface area contributed by atoms with E-state index in [9.17, 15) is 24.0 Å². The van der Waals surface area contributed by atoms with Crippen LogP contribution in [0.5, 0.6) is 11.5 Å². The maximum atomic E-state index is 12.0. The number of nitrogens with one attached hydrogen (secondary N) is 5. The minimum absolute atomic E-state index is 0.00291. The van der Waals surface area contributed by atoms with Crippen LogP contribution in [0.3, 0.4) is 0 Å². The minimum atomic E-state index is -0.0858. The van der Waals surface area contributed by atoms with Gasteiger partial charge in [-0.2, -0.15) is 0 Å². The Morgan fingerprint density at radius 3 is 1.09 bits per heavy atom. The number of rotatable bonds is 17. The molecular formula is C68H85N5O6. The second-order valence-electron chi connectivity index (χ2n) is 20.3. The van der Waals surface area contributed by atoms with Crippen molar-refractivity contribution in [1.82, 2.24) is 16.0 Å². The van der Waals surface area contributed by atoms with Crippen LogP contribution in [-0.4, -0.2) is 29.5 Å². The van der Waals surface area contributed by atoms with E-state index in [1.807, 2.05) is 270 Å². The van der Waals surface area contributed by atoms with Crippen LogP contribution in [0.15, 0.2) is 206 Å². The van der Waals surface area contributed by atoms with Gasteiger partial charge < -0.3 is 31.3 Å². The summed E-state index contributed by atoms with van der Waals surface area (Å²) in [4.78, 5) is 57.8. The van der Waals surface area contributed by atoms with Crippen molar-refractivity contribution < 1.29 is 28.7 Å². The third-order valence-electron chi connectivity index (χ3n) is 11.9. The Labute approximate surface area is 471 Å². The molecular weight excluding hydrogens is 983 g/mol. The van der Waals surface area contributed by atoms with Gasteiger partial charge in [0.1, 0.15) is 11.5 Å². The first-order valence-corrected chi connectivity index (χ1v) is 27.4. The van der Waals surface area contributed by atoms with Crippen LogP contribution < -0.4 is 31.3 Å². The predicted octanol–water partition coefficient (Wildman–Crippen LogP) is 15.3. The molecule has 11 heteroatoms. The smallest absolute Gasteiger partial charge is 0.226 e. The SMILES string of the molecule is CC(C)C(=O)NC(C)c1ccccc1.CC(C)C(=O)NC(c1ccccc1)c1ccccc1.CC(C)C(=O)Nc1cccc(Oc2ccccc2)c1.CC(C)C(=O)Nc1ccccc1.CCC(NC(=O)C(C)C)c1ccccc1. The fourth-order valence-electron chi connectivity index (χ4n) is 6.97. The minimum Gasteiger partial charge on any atom is -0.457 e. The monoisotopic (exact) mass is 1070 g/mol. The third-order valence-corrected chi connectivity index (χ3v) is 11.9. The first-order chi connectivity index (χ1) is 37.8. The molecule has 0 spiro atoms. The van der Waals surface area contributed by atoms with Crippen LogP contribution in [0.4, 0.5) is 11.4 Å². The van der Waals surface area contributed by atoms with Gasteiger partial charge in [-0.1, -0.05) is 240 Å². The normalized spacial score (nSPS) is 11.2. The average Bonchev–Trinajstić information content (AvgIpc) is 3.46. The van der Waals surface area contributed by atoms with Gasteiger partial charge in [0.05, 0.1) is 18.1 Å². The number of benzene rings is 7. The van der Waals surface area contributed by atoms with Gasteiger partial charge in [0.15, 0.2) is 0 Å². The maximum absolute atomic E-state index is 12.0. The number of carbonyl (C=O) groups excluding carboxylic acids is 5. The Bertz CT molecular complexity index is 2770. The van der Waals surface area contributed by atoms with E-state index >= 15 is 0 Å². The molecule has 0 aliphatic rings. The molecule has 5 amide bonds. The van der Waals surface area contributed by atoms with E-state index in [2.05, 4.69) is 45.6 Å². The van der Waals surface area contributed by atoms with Gasteiger partial charge in [-0.25, -0.2) is 0 Å². The van der Waals surface area contributed by atoms with Crippen LogP contribution in [0.2, 0.25) is 0 Å². The van der Waals surface area contributed by atoms with Crippen molar-refractivity contribution in [1.29, 1.82) is 0 Å². The van der Waals surface area contributed by atoms with E-state index in [1.54, 1.807) is 0 Å². The summed E-state index contributed by atoms with van der Waals surface area (Å²) in [5.41, 5.74) is 6.12. The van der Waals surface area contributed by atoms with E-state index in [0.717, 1.165) is 40.2 Å². The lowest BCUT2D eigenvalue weighted by atomic mass is 9.98. The van der Waals surface area contributed by atoms with E-state index in [0.29, 0.717) is 5.75 Å². The standard InChI is InChI=1S/C17H19NO.C16H17NO2.C13H19NO.C12H17NO.C10H13NO/c1-13(2)17(19)18-16(14-9-5-3-6-10-14)15-11-7-4-8-12-15;1-12(2)16(18)17-13-7-6-10-15(11-13)19-14-8-4-3-5-9-14;1-4-12(14-13(15)10(2)3)11-8-6-5-7-9-11;1-9(2)12(14)13-10(3)11-7-5-4-6-8-11;1-8(2)10(12)11-9-6-4-3-5-7-9/h3-13,16H,1-2H3,(H,18,19);3-12H,1-2H3,(H,17,18);5-10,12H,4H2,1-3H3,(H,14,15);4-10H,1-3H3,(H,13,14);3-8H,1-2H3,(H,11,12).